The Balaban J connectivity index is 1.63. The van der Waals surface area contributed by atoms with Crippen LogP contribution in [0.15, 0.2) is 97.2 Å². The number of rotatable bonds is 3. The molecule has 0 aliphatic carbocycles. The Morgan fingerprint density at radius 1 is 0.903 bits per heavy atom. The van der Waals surface area contributed by atoms with Gasteiger partial charge in [-0.25, -0.2) is 4.79 Å². The van der Waals surface area contributed by atoms with Crippen molar-refractivity contribution in [2.75, 3.05) is 12.4 Å². The van der Waals surface area contributed by atoms with Gasteiger partial charge in [0.25, 0.3) is 0 Å². The van der Waals surface area contributed by atoms with Crippen molar-refractivity contribution in [3.05, 3.63) is 114 Å². The third-order valence-electron chi connectivity index (χ3n) is 5.68. The highest BCUT2D eigenvalue weighted by Crippen LogP contribution is 2.37. The van der Waals surface area contributed by atoms with Gasteiger partial charge in [-0.3, -0.25) is 0 Å². The van der Waals surface area contributed by atoms with Crippen molar-refractivity contribution >= 4 is 11.7 Å². The van der Waals surface area contributed by atoms with Gasteiger partial charge < -0.3 is 19.5 Å². The van der Waals surface area contributed by atoms with Crippen LogP contribution in [0.1, 0.15) is 22.9 Å². The van der Waals surface area contributed by atoms with E-state index in [9.17, 15) is 4.79 Å². The molecule has 5 nitrogen and oxygen atoms in total. The standard InChI is InChI=1S/C26H23N3O2/c1-31-22-15-13-19(14-16-22)25-24-12-7-17-28(24)23-11-6-5-8-20(23)18-29(25)26(30)27-21-9-3-2-4-10-21/h2-17,25H,18H2,1H3,(H,27,30). The van der Waals surface area contributed by atoms with Gasteiger partial charge in [-0.05, 0) is 53.6 Å². The molecule has 154 valence electrons. The van der Waals surface area contributed by atoms with Gasteiger partial charge in [-0.2, -0.15) is 0 Å². The molecule has 31 heavy (non-hydrogen) atoms. The molecule has 0 saturated heterocycles. The van der Waals surface area contributed by atoms with Crippen molar-refractivity contribution in [3.63, 3.8) is 0 Å². The van der Waals surface area contributed by atoms with Crippen molar-refractivity contribution in [3.8, 4) is 11.4 Å². The largest absolute Gasteiger partial charge is 0.497 e. The highest BCUT2D eigenvalue weighted by Gasteiger charge is 2.33. The van der Waals surface area contributed by atoms with E-state index in [0.29, 0.717) is 6.54 Å². The molecule has 3 aromatic carbocycles. The van der Waals surface area contributed by atoms with Crippen LogP contribution in [0.2, 0.25) is 0 Å². The van der Waals surface area contributed by atoms with Gasteiger partial charge in [-0.1, -0.05) is 48.5 Å². The van der Waals surface area contributed by atoms with E-state index >= 15 is 0 Å². The summed E-state index contributed by atoms with van der Waals surface area (Å²) in [4.78, 5) is 15.4. The topological polar surface area (TPSA) is 46.5 Å². The van der Waals surface area contributed by atoms with Crippen LogP contribution in [0, 0.1) is 0 Å². The Kier molecular flexibility index (Phi) is 4.92. The summed E-state index contributed by atoms with van der Waals surface area (Å²) in [6, 6.07) is 29.4. The third kappa shape index (κ3) is 3.55. The second-order valence-corrected chi connectivity index (χ2v) is 7.53. The van der Waals surface area contributed by atoms with Crippen LogP contribution in [0.25, 0.3) is 5.69 Å². The van der Waals surface area contributed by atoms with E-state index in [-0.39, 0.29) is 12.1 Å². The fraction of sp³-hybridized carbons (Fsp3) is 0.115. The summed E-state index contributed by atoms with van der Waals surface area (Å²) in [6.45, 7) is 0.493. The van der Waals surface area contributed by atoms with Crippen molar-refractivity contribution in [1.82, 2.24) is 9.47 Å². The van der Waals surface area contributed by atoms with E-state index in [1.807, 2.05) is 77.7 Å². The Bertz CT molecular complexity index is 1200. The van der Waals surface area contributed by atoms with E-state index in [0.717, 1.165) is 33.9 Å². The number of aromatic nitrogens is 1. The highest BCUT2D eigenvalue weighted by atomic mass is 16.5. The first-order valence-corrected chi connectivity index (χ1v) is 10.3. The second-order valence-electron chi connectivity index (χ2n) is 7.53. The number of carbonyl (C=O) groups is 1. The first-order valence-electron chi connectivity index (χ1n) is 10.3. The quantitative estimate of drug-likeness (QED) is 0.477. The number of hydrogen-bond acceptors (Lipinski definition) is 2. The number of fused-ring (bicyclic) bond motifs is 3. The van der Waals surface area contributed by atoms with Gasteiger partial charge in [0.15, 0.2) is 0 Å². The molecule has 0 fully saturated rings. The molecule has 0 radical (unpaired) electrons. The van der Waals surface area contributed by atoms with Crippen LogP contribution in [-0.2, 0) is 6.54 Å². The lowest BCUT2D eigenvalue weighted by molar-refractivity contribution is 0.194. The monoisotopic (exact) mass is 409 g/mol. The average Bonchev–Trinajstić information content (AvgIpc) is 3.24. The summed E-state index contributed by atoms with van der Waals surface area (Å²) >= 11 is 0. The molecule has 2 amide bonds. The summed E-state index contributed by atoms with van der Waals surface area (Å²) in [5, 5.41) is 3.07. The number of nitrogens with zero attached hydrogens (tertiary/aromatic N) is 2. The number of ether oxygens (including phenoxy) is 1. The zero-order valence-corrected chi connectivity index (χ0v) is 17.2. The molecule has 0 saturated carbocycles. The molecule has 2 heterocycles. The maximum atomic E-state index is 13.5. The Hall–Kier alpha value is -3.99. The van der Waals surface area contributed by atoms with Gasteiger partial charge in [0.2, 0.25) is 0 Å². The van der Waals surface area contributed by atoms with E-state index in [1.165, 1.54) is 0 Å². The van der Waals surface area contributed by atoms with E-state index in [2.05, 4.69) is 34.3 Å². The van der Waals surface area contributed by atoms with Crippen LogP contribution >= 0.6 is 0 Å². The predicted octanol–water partition coefficient (Wildman–Crippen LogP) is 5.62. The summed E-state index contributed by atoms with van der Waals surface area (Å²) in [5.41, 5.74) is 5.03. The van der Waals surface area contributed by atoms with Crippen molar-refractivity contribution in [2.24, 2.45) is 0 Å². The summed E-state index contributed by atoms with van der Waals surface area (Å²) < 4.78 is 7.52. The average molecular weight is 409 g/mol. The van der Waals surface area contributed by atoms with Crippen LogP contribution < -0.4 is 10.1 Å². The minimum Gasteiger partial charge on any atom is -0.497 e. The number of nitrogens with one attached hydrogen (secondary N) is 1. The van der Waals surface area contributed by atoms with Gasteiger partial charge in [-0.15, -0.1) is 0 Å². The zero-order chi connectivity index (χ0) is 21.2. The Morgan fingerprint density at radius 2 is 1.65 bits per heavy atom. The smallest absolute Gasteiger partial charge is 0.322 e. The zero-order valence-electron chi connectivity index (χ0n) is 17.2. The molecule has 1 unspecified atom stereocenters. The van der Waals surface area contributed by atoms with Gasteiger partial charge in [0.05, 0.1) is 25.4 Å². The second kappa shape index (κ2) is 8.03. The summed E-state index contributed by atoms with van der Waals surface area (Å²) in [7, 11) is 1.65. The van der Waals surface area contributed by atoms with Gasteiger partial charge in [0, 0.05) is 17.6 Å². The minimum absolute atomic E-state index is 0.142. The third-order valence-corrected chi connectivity index (χ3v) is 5.68. The molecule has 1 aromatic heterocycles. The lowest BCUT2D eigenvalue weighted by Gasteiger charge is -2.31. The molecule has 1 aliphatic rings. The van der Waals surface area contributed by atoms with Crippen molar-refractivity contribution in [1.29, 1.82) is 0 Å². The molecule has 4 aromatic rings. The van der Waals surface area contributed by atoms with Crippen LogP contribution in [-0.4, -0.2) is 22.6 Å². The maximum absolute atomic E-state index is 13.5. The minimum atomic E-state index is -0.253. The molecule has 0 bridgehead atoms. The number of urea groups is 1. The Morgan fingerprint density at radius 3 is 2.42 bits per heavy atom. The highest BCUT2D eigenvalue weighted by molar-refractivity contribution is 5.90. The molecule has 0 spiro atoms. The maximum Gasteiger partial charge on any atom is 0.322 e. The number of anilines is 1. The number of methoxy groups -OCH3 is 1. The number of hydrogen-bond donors (Lipinski definition) is 1. The summed E-state index contributed by atoms with van der Waals surface area (Å²) in [6.07, 6.45) is 2.06. The van der Waals surface area contributed by atoms with Crippen LogP contribution in [0.4, 0.5) is 10.5 Å². The van der Waals surface area contributed by atoms with E-state index < -0.39 is 0 Å². The molecule has 5 rings (SSSR count). The Labute approximate surface area is 181 Å². The molecule has 5 heteroatoms. The first kappa shape index (κ1) is 19.0. The van der Waals surface area contributed by atoms with E-state index in [1.54, 1.807) is 7.11 Å². The number of carbonyl (C=O) groups excluding carboxylic acids is 1. The molecular formula is C26H23N3O2. The predicted molar refractivity (Wildman–Crippen MR) is 122 cm³/mol. The fourth-order valence-electron chi connectivity index (χ4n) is 4.19. The number of benzene rings is 3. The summed E-state index contributed by atoms with van der Waals surface area (Å²) in [5.74, 6) is 0.788. The lowest BCUT2D eigenvalue weighted by Crippen LogP contribution is -2.37. The van der Waals surface area contributed by atoms with E-state index in [4.69, 9.17) is 4.74 Å². The molecule has 1 atom stereocenters. The SMILES string of the molecule is COc1ccc(C2c3cccn3-c3ccccc3CN2C(=O)Nc2ccccc2)cc1. The van der Waals surface area contributed by atoms with Gasteiger partial charge in [0.1, 0.15) is 5.75 Å². The molecule has 1 aliphatic heterocycles. The first-order chi connectivity index (χ1) is 15.2. The van der Waals surface area contributed by atoms with Gasteiger partial charge >= 0.3 is 6.03 Å². The van der Waals surface area contributed by atoms with Crippen LogP contribution in [0.5, 0.6) is 5.75 Å². The van der Waals surface area contributed by atoms with Crippen molar-refractivity contribution in [2.45, 2.75) is 12.6 Å². The van der Waals surface area contributed by atoms with Crippen molar-refractivity contribution < 1.29 is 9.53 Å². The number of para-hydroxylation sites is 2. The van der Waals surface area contributed by atoms with Crippen LogP contribution in [0.3, 0.4) is 0 Å². The molecule has 1 N–H and O–H groups in total. The lowest BCUT2D eigenvalue weighted by atomic mass is 10.0. The molecular weight excluding hydrogens is 386 g/mol. The number of amides is 2. The fourth-order valence-corrected chi connectivity index (χ4v) is 4.19. The normalized spacial score (nSPS) is 14.9.